The summed E-state index contributed by atoms with van der Waals surface area (Å²) >= 11 is 0. The molecule has 1 heteroatoms. The molecule has 0 spiro atoms. The molecular weight excluding hydrogens is 160 g/mol. The predicted octanol–water partition coefficient (Wildman–Crippen LogP) is 3.25. The third-order valence-corrected chi connectivity index (χ3v) is 3.91. The first-order chi connectivity index (χ1) is 6.13. The highest BCUT2D eigenvalue weighted by Crippen LogP contribution is 2.48. The minimum absolute atomic E-state index is 0.385. The van der Waals surface area contributed by atoms with Gasteiger partial charge in [0.15, 0.2) is 5.78 Å². The van der Waals surface area contributed by atoms with Crippen molar-refractivity contribution in [3.05, 3.63) is 11.1 Å². The molecule has 13 heavy (non-hydrogen) atoms. The summed E-state index contributed by atoms with van der Waals surface area (Å²) in [5.74, 6) is 0.398. The van der Waals surface area contributed by atoms with Crippen molar-refractivity contribution < 1.29 is 4.79 Å². The van der Waals surface area contributed by atoms with Gasteiger partial charge in [-0.05, 0) is 43.6 Å². The first kappa shape index (κ1) is 8.98. The van der Waals surface area contributed by atoms with E-state index in [4.69, 9.17) is 0 Å². The van der Waals surface area contributed by atoms with Crippen molar-refractivity contribution in [2.24, 2.45) is 5.41 Å². The summed E-state index contributed by atoms with van der Waals surface area (Å²) in [6, 6.07) is 0. The number of ketones is 1. The van der Waals surface area contributed by atoms with E-state index in [2.05, 4.69) is 6.92 Å². The Bertz CT molecular complexity index is 275. The minimum atomic E-state index is 0.385. The molecule has 0 unspecified atom stereocenters. The van der Waals surface area contributed by atoms with E-state index in [1.807, 2.05) is 6.92 Å². The number of hydrogen-bond acceptors (Lipinski definition) is 1. The van der Waals surface area contributed by atoms with Gasteiger partial charge in [0.1, 0.15) is 0 Å². The van der Waals surface area contributed by atoms with Gasteiger partial charge < -0.3 is 0 Å². The molecule has 0 aromatic heterocycles. The van der Waals surface area contributed by atoms with Crippen LogP contribution in [-0.2, 0) is 4.79 Å². The molecule has 1 atom stereocenters. The van der Waals surface area contributed by atoms with Gasteiger partial charge in [-0.1, -0.05) is 18.9 Å². The lowest BCUT2D eigenvalue weighted by Gasteiger charge is -2.40. The van der Waals surface area contributed by atoms with E-state index in [1.165, 1.54) is 31.3 Å². The predicted molar refractivity (Wildman–Crippen MR) is 53.5 cm³/mol. The Balaban J connectivity index is 2.40. The van der Waals surface area contributed by atoms with E-state index in [1.54, 1.807) is 0 Å². The van der Waals surface area contributed by atoms with Crippen LogP contribution in [0.5, 0.6) is 0 Å². The maximum Gasteiger partial charge on any atom is 0.158 e. The van der Waals surface area contributed by atoms with Crippen molar-refractivity contribution in [1.29, 1.82) is 0 Å². The summed E-state index contributed by atoms with van der Waals surface area (Å²) in [7, 11) is 0. The third-order valence-electron chi connectivity index (χ3n) is 3.91. The molecule has 0 bridgehead atoms. The standard InChI is InChI=1S/C12H18O/c1-9-10-5-3-4-7-12(10,2)8-6-11(9)13/h3-8H2,1-2H3/t12-/m1/s1. The van der Waals surface area contributed by atoms with E-state index >= 15 is 0 Å². The molecule has 0 radical (unpaired) electrons. The van der Waals surface area contributed by atoms with Gasteiger partial charge in [-0.2, -0.15) is 0 Å². The fourth-order valence-electron chi connectivity index (χ4n) is 2.93. The SMILES string of the molecule is CC1=C2CCCC[C@]2(C)CCC1=O. The lowest BCUT2D eigenvalue weighted by molar-refractivity contribution is -0.116. The summed E-state index contributed by atoms with van der Waals surface area (Å²) in [4.78, 5) is 11.5. The monoisotopic (exact) mass is 178 g/mol. The van der Waals surface area contributed by atoms with Crippen molar-refractivity contribution >= 4 is 5.78 Å². The third kappa shape index (κ3) is 1.34. The Morgan fingerprint density at radius 3 is 2.69 bits per heavy atom. The number of rotatable bonds is 0. The van der Waals surface area contributed by atoms with Crippen LogP contribution in [0.15, 0.2) is 11.1 Å². The normalized spacial score (nSPS) is 34.8. The van der Waals surface area contributed by atoms with Gasteiger partial charge in [-0.25, -0.2) is 0 Å². The number of allylic oxidation sites excluding steroid dienone is 2. The molecule has 2 aliphatic carbocycles. The van der Waals surface area contributed by atoms with Crippen LogP contribution in [-0.4, -0.2) is 5.78 Å². The fourth-order valence-corrected chi connectivity index (χ4v) is 2.93. The number of carbonyl (C=O) groups excluding carboxylic acids is 1. The van der Waals surface area contributed by atoms with Crippen molar-refractivity contribution in [3.63, 3.8) is 0 Å². The van der Waals surface area contributed by atoms with Crippen LogP contribution < -0.4 is 0 Å². The van der Waals surface area contributed by atoms with Gasteiger partial charge in [0.05, 0.1) is 0 Å². The second-order valence-corrected chi connectivity index (χ2v) is 4.79. The molecule has 0 aromatic carbocycles. The van der Waals surface area contributed by atoms with E-state index in [-0.39, 0.29) is 0 Å². The molecule has 2 aliphatic rings. The Kier molecular flexibility index (Phi) is 2.05. The smallest absolute Gasteiger partial charge is 0.158 e. The van der Waals surface area contributed by atoms with Gasteiger partial charge in [-0.15, -0.1) is 0 Å². The number of fused-ring (bicyclic) bond motifs is 1. The van der Waals surface area contributed by atoms with Gasteiger partial charge >= 0.3 is 0 Å². The van der Waals surface area contributed by atoms with Crippen LogP contribution in [0, 0.1) is 5.41 Å². The molecule has 0 aliphatic heterocycles. The summed E-state index contributed by atoms with van der Waals surface area (Å²) in [6.07, 6.45) is 6.99. The Morgan fingerprint density at radius 1 is 1.15 bits per heavy atom. The van der Waals surface area contributed by atoms with E-state index in [0.717, 1.165) is 18.4 Å². The second-order valence-electron chi connectivity index (χ2n) is 4.79. The summed E-state index contributed by atoms with van der Waals surface area (Å²) in [5, 5.41) is 0. The van der Waals surface area contributed by atoms with Gasteiger partial charge in [-0.3, -0.25) is 4.79 Å². The average molecular weight is 178 g/mol. The number of Topliss-reactive ketones (excluding diaryl/α,β-unsaturated/α-hetero) is 1. The molecule has 1 fully saturated rings. The second kappa shape index (κ2) is 2.97. The molecule has 1 nitrogen and oxygen atoms in total. The molecule has 72 valence electrons. The summed E-state index contributed by atoms with van der Waals surface area (Å²) in [6.45, 7) is 4.37. The molecule has 0 saturated heterocycles. The van der Waals surface area contributed by atoms with Gasteiger partial charge in [0.25, 0.3) is 0 Å². The van der Waals surface area contributed by atoms with E-state index in [0.29, 0.717) is 11.2 Å². The topological polar surface area (TPSA) is 17.1 Å². The zero-order valence-corrected chi connectivity index (χ0v) is 8.65. The fraction of sp³-hybridized carbons (Fsp3) is 0.750. The molecular formula is C12H18O. The van der Waals surface area contributed by atoms with Crippen LogP contribution in [0.1, 0.15) is 52.4 Å². The average Bonchev–Trinajstić information content (AvgIpc) is 2.12. The molecule has 0 N–H and O–H groups in total. The Morgan fingerprint density at radius 2 is 1.92 bits per heavy atom. The highest BCUT2D eigenvalue weighted by atomic mass is 16.1. The number of hydrogen-bond donors (Lipinski definition) is 0. The van der Waals surface area contributed by atoms with Crippen molar-refractivity contribution in [1.82, 2.24) is 0 Å². The maximum atomic E-state index is 11.5. The largest absolute Gasteiger partial charge is 0.295 e. The van der Waals surface area contributed by atoms with E-state index in [9.17, 15) is 4.79 Å². The lowest BCUT2D eigenvalue weighted by Crippen LogP contribution is -2.30. The first-order valence-corrected chi connectivity index (χ1v) is 5.37. The Labute approximate surface area is 80.2 Å². The maximum absolute atomic E-state index is 11.5. The van der Waals surface area contributed by atoms with Gasteiger partial charge in [0, 0.05) is 6.42 Å². The molecule has 0 amide bonds. The molecule has 0 aromatic rings. The zero-order chi connectivity index (χ0) is 9.47. The van der Waals surface area contributed by atoms with Gasteiger partial charge in [0.2, 0.25) is 0 Å². The highest BCUT2D eigenvalue weighted by Gasteiger charge is 2.37. The summed E-state index contributed by atoms with van der Waals surface area (Å²) < 4.78 is 0. The quantitative estimate of drug-likeness (QED) is 0.556. The minimum Gasteiger partial charge on any atom is -0.295 e. The van der Waals surface area contributed by atoms with Crippen molar-refractivity contribution in [3.8, 4) is 0 Å². The molecule has 0 heterocycles. The number of carbonyl (C=O) groups is 1. The van der Waals surface area contributed by atoms with Crippen LogP contribution in [0.3, 0.4) is 0 Å². The zero-order valence-electron chi connectivity index (χ0n) is 8.65. The first-order valence-electron chi connectivity index (χ1n) is 5.37. The van der Waals surface area contributed by atoms with Crippen LogP contribution in [0.2, 0.25) is 0 Å². The van der Waals surface area contributed by atoms with Crippen molar-refractivity contribution in [2.45, 2.75) is 52.4 Å². The Hall–Kier alpha value is -0.590. The van der Waals surface area contributed by atoms with Crippen molar-refractivity contribution in [2.75, 3.05) is 0 Å². The highest BCUT2D eigenvalue weighted by molar-refractivity contribution is 5.96. The molecule has 2 rings (SSSR count). The van der Waals surface area contributed by atoms with E-state index < -0.39 is 0 Å². The lowest BCUT2D eigenvalue weighted by atomic mass is 9.64. The van der Waals surface area contributed by atoms with Crippen LogP contribution in [0.25, 0.3) is 0 Å². The van der Waals surface area contributed by atoms with Crippen LogP contribution >= 0.6 is 0 Å². The van der Waals surface area contributed by atoms with Crippen LogP contribution in [0.4, 0.5) is 0 Å². The molecule has 1 saturated carbocycles. The summed E-state index contributed by atoms with van der Waals surface area (Å²) in [5.41, 5.74) is 2.96.